The van der Waals surface area contributed by atoms with Crippen LogP contribution in [0.1, 0.15) is 58.8 Å². The maximum atomic E-state index is 11.8. The molecule has 0 bridgehead atoms. The predicted molar refractivity (Wildman–Crippen MR) is 78.2 cm³/mol. The Labute approximate surface area is 122 Å². The molecular formula is C16H29NO3. The molecule has 2 rings (SSSR count). The van der Waals surface area contributed by atoms with Crippen LogP contribution in [0.2, 0.25) is 0 Å². The highest BCUT2D eigenvalue weighted by Crippen LogP contribution is 2.35. The van der Waals surface area contributed by atoms with Crippen LogP contribution in [0.25, 0.3) is 0 Å². The van der Waals surface area contributed by atoms with Gasteiger partial charge in [-0.25, -0.2) is 0 Å². The third-order valence-electron chi connectivity index (χ3n) is 5.27. The molecular weight excluding hydrogens is 254 g/mol. The number of nitrogens with two attached hydrogens (primary N) is 1. The lowest BCUT2D eigenvalue weighted by atomic mass is 9.79. The van der Waals surface area contributed by atoms with Crippen molar-refractivity contribution < 1.29 is 14.3 Å². The van der Waals surface area contributed by atoms with E-state index < -0.39 is 5.54 Å². The number of hydrogen-bond donors (Lipinski definition) is 1. The summed E-state index contributed by atoms with van der Waals surface area (Å²) >= 11 is 0. The van der Waals surface area contributed by atoms with Crippen molar-refractivity contribution >= 4 is 5.97 Å². The number of hydrogen-bond acceptors (Lipinski definition) is 4. The molecule has 0 aliphatic heterocycles. The summed E-state index contributed by atoms with van der Waals surface area (Å²) in [5, 5.41) is 0. The lowest BCUT2D eigenvalue weighted by Crippen LogP contribution is -2.54. The second-order valence-electron chi connectivity index (χ2n) is 6.89. The zero-order valence-corrected chi connectivity index (χ0v) is 13.1. The molecule has 0 radical (unpaired) electrons. The van der Waals surface area contributed by atoms with Crippen molar-refractivity contribution in [3.8, 4) is 0 Å². The van der Waals surface area contributed by atoms with Crippen molar-refractivity contribution in [2.24, 2.45) is 17.6 Å². The van der Waals surface area contributed by atoms with Crippen LogP contribution in [-0.2, 0) is 14.3 Å². The molecule has 0 heterocycles. The molecule has 2 saturated carbocycles. The molecule has 0 saturated heterocycles. The lowest BCUT2D eigenvalue weighted by Gasteiger charge is -2.39. The number of carbonyl (C=O) groups excluding carboxylic acids is 1. The van der Waals surface area contributed by atoms with E-state index in [-0.39, 0.29) is 12.1 Å². The Kier molecular flexibility index (Phi) is 5.08. The first-order valence-corrected chi connectivity index (χ1v) is 7.97. The average molecular weight is 283 g/mol. The Morgan fingerprint density at radius 1 is 1.15 bits per heavy atom. The SMILES string of the molecule is COC(=O)C1(N)CCCC(OC2CCC(C)C(C)C2)C1. The van der Waals surface area contributed by atoms with Crippen LogP contribution in [-0.4, -0.2) is 30.8 Å². The molecule has 5 atom stereocenters. The normalized spacial score (nSPS) is 42.2. The molecule has 0 spiro atoms. The number of ether oxygens (including phenoxy) is 2. The van der Waals surface area contributed by atoms with Gasteiger partial charge in [0, 0.05) is 6.42 Å². The molecule has 2 N–H and O–H groups in total. The fourth-order valence-corrected chi connectivity index (χ4v) is 3.65. The van der Waals surface area contributed by atoms with Crippen LogP contribution in [0.3, 0.4) is 0 Å². The predicted octanol–water partition coefficient (Wildman–Crippen LogP) is 2.64. The summed E-state index contributed by atoms with van der Waals surface area (Å²) in [5.41, 5.74) is 5.36. The summed E-state index contributed by atoms with van der Waals surface area (Å²) in [6, 6.07) is 0. The van der Waals surface area contributed by atoms with Gasteiger partial charge in [-0.2, -0.15) is 0 Å². The van der Waals surface area contributed by atoms with E-state index in [9.17, 15) is 4.79 Å². The maximum absolute atomic E-state index is 11.8. The summed E-state index contributed by atoms with van der Waals surface area (Å²) in [5.74, 6) is 1.22. The molecule has 2 aliphatic rings. The van der Waals surface area contributed by atoms with Gasteiger partial charge in [-0.05, 0) is 50.4 Å². The van der Waals surface area contributed by atoms with Crippen LogP contribution in [0, 0.1) is 11.8 Å². The highest BCUT2D eigenvalue weighted by Gasteiger charge is 2.41. The van der Waals surface area contributed by atoms with Crippen molar-refractivity contribution in [3.05, 3.63) is 0 Å². The van der Waals surface area contributed by atoms with E-state index in [1.807, 2.05) is 0 Å². The first kappa shape index (κ1) is 15.8. The third kappa shape index (κ3) is 3.53. The molecule has 0 aromatic rings. The summed E-state index contributed by atoms with van der Waals surface area (Å²) in [6.07, 6.45) is 7.21. The number of esters is 1. The van der Waals surface area contributed by atoms with Gasteiger partial charge in [0.15, 0.2) is 0 Å². The zero-order chi connectivity index (χ0) is 14.8. The van der Waals surface area contributed by atoms with E-state index in [2.05, 4.69) is 13.8 Å². The van der Waals surface area contributed by atoms with Crippen molar-refractivity contribution in [2.75, 3.05) is 7.11 Å². The minimum absolute atomic E-state index is 0.110. The van der Waals surface area contributed by atoms with E-state index in [4.69, 9.17) is 15.2 Å². The van der Waals surface area contributed by atoms with E-state index >= 15 is 0 Å². The Hall–Kier alpha value is -0.610. The first-order chi connectivity index (χ1) is 9.44. The molecule has 4 heteroatoms. The van der Waals surface area contributed by atoms with Gasteiger partial charge < -0.3 is 15.2 Å². The smallest absolute Gasteiger partial charge is 0.325 e. The van der Waals surface area contributed by atoms with Crippen molar-refractivity contribution in [1.82, 2.24) is 0 Å². The minimum Gasteiger partial charge on any atom is -0.468 e. The Morgan fingerprint density at radius 3 is 2.55 bits per heavy atom. The second kappa shape index (κ2) is 6.44. The highest BCUT2D eigenvalue weighted by molar-refractivity contribution is 5.80. The van der Waals surface area contributed by atoms with E-state index in [1.54, 1.807) is 0 Å². The molecule has 4 nitrogen and oxygen atoms in total. The van der Waals surface area contributed by atoms with Gasteiger partial charge in [0.25, 0.3) is 0 Å². The molecule has 5 unspecified atom stereocenters. The van der Waals surface area contributed by atoms with Crippen LogP contribution >= 0.6 is 0 Å². The average Bonchev–Trinajstić information content (AvgIpc) is 2.42. The Morgan fingerprint density at radius 2 is 1.90 bits per heavy atom. The van der Waals surface area contributed by atoms with E-state index in [0.717, 1.165) is 37.5 Å². The molecule has 0 aromatic carbocycles. The minimum atomic E-state index is -0.842. The molecule has 0 amide bonds. The molecule has 116 valence electrons. The third-order valence-corrected chi connectivity index (χ3v) is 5.27. The van der Waals surface area contributed by atoms with Crippen LogP contribution < -0.4 is 5.73 Å². The van der Waals surface area contributed by atoms with Gasteiger partial charge in [0.2, 0.25) is 0 Å². The quantitative estimate of drug-likeness (QED) is 0.809. The molecule has 0 aromatic heterocycles. The first-order valence-electron chi connectivity index (χ1n) is 7.97. The summed E-state index contributed by atoms with van der Waals surface area (Å²) < 4.78 is 11.1. The maximum Gasteiger partial charge on any atom is 0.325 e. The van der Waals surface area contributed by atoms with Crippen molar-refractivity contribution in [1.29, 1.82) is 0 Å². The standard InChI is InChI=1S/C16H29NO3/c1-11-6-7-13(9-12(11)2)20-14-5-4-8-16(17,10-14)15(18)19-3/h11-14H,4-10,17H2,1-3H3. The number of methoxy groups -OCH3 is 1. The van der Waals surface area contributed by atoms with Gasteiger partial charge in [-0.1, -0.05) is 13.8 Å². The van der Waals surface area contributed by atoms with Crippen molar-refractivity contribution in [2.45, 2.75) is 76.5 Å². The van der Waals surface area contributed by atoms with Gasteiger partial charge in [-0.3, -0.25) is 4.79 Å². The van der Waals surface area contributed by atoms with Crippen LogP contribution in [0.4, 0.5) is 0 Å². The van der Waals surface area contributed by atoms with E-state index in [0.29, 0.717) is 18.9 Å². The second-order valence-corrected chi connectivity index (χ2v) is 6.89. The summed E-state index contributed by atoms with van der Waals surface area (Å²) in [4.78, 5) is 11.8. The summed E-state index contributed by atoms with van der Waals surface area (Å²) in [7, 11) is 1.41. The monoisotopic (exact) mass is 283 g/mol. The van der Waals surface area contributed by atoms with Crippen molar-refractivity contribution in [3.63, 3.8) is 0 Å². The highest BCUT2D eigenvalue weighted by atomic mass is 16.5. The lowest BCUT2D eigenvalue weighted by molar-refractivity contribution is -0.152. The van der Waals surface area contributed by atoms with E-state index in [1.165, 1.54) is 13.5 Å². The van der Waals surface area contributed by atoms with Crippen LogP contribution in [0.15, 0.2) is 0 Å². The van der Waals surface area contributed by atoms with Crippen LogP contribution in [0.5, 0.6) is 0 Å². The fourth-order valence-electron chi connectivity index (χ4n) is 3.65. The molecule has 20 heavy (non-hydrogen) atoms. The van der Waals surface area contributed by atoms with Gasteiger partial charge >= 0.3 is 5.97 Å². The molecule has 2 aliphatic carbocycles. The van der Waals surface area contributed by atoms with Gasteiger partial charge in [0.1, 0.15) is 5.54 Å². The fraction of sp³-hybridized carbons (Fsp3) is 0.938. The van der Waals surface area contributed by atoms with Gasteiger partial charge in [0.05, 0.1) is 19.3 Å². The van der Waals surface area contributed by atoms with Gasteiger partial charge in [-0.15, -0.1) is 0 Å². The molecule has 2 fully saturated rings. The number of rotatable bonds is 3. The Bertz CT molecular complexity index is 347. The zero-order valence-electron chi connectivity index (χ0n) is 13.1. The summed E-state index contributed by atoms with van der Waals surface area (Å²) in [6.45, 7) is 4.63. The largest absolute Gasteiger partial charge is 0.468 e. The Balaban J connectivity index is 1.88. The topological polar surface area (TPSA) is 61.5 Å². The number of carbonyl (C=O) groups is 1.